The molecule has 0 aliphatic carbocycles. The third kappa shape index (κ3) is 4.17. The summed E-state index contributed by atoms with van der Waals surface area (Å²) in [6, 6.07) is 7.72. The number of nitrogens with zero attached hydrogens (tertiary/aromatic N) is 3. The lowest BCUT2D eigenvalue weighted by atomic mass is 10.2. The van der Waals surface area contributed by atoms with E-state index in [2.05, 4.69) is 9.97 Å². The number of esters is 1. The summed E-state index contributed by atoms with van der Waals surface area (Å²) in [4.78, 5) is 19.2. The highest BCUT2D eigenvalue weighted by atomic mass is 32.2. The van der Waals surface area contributed by atoms with E-state index in [1.165, 1.54) is 37.7 Å². The molecule has 24 heavy (non-hydrogen) atoms. The summed E-state index contributed by atoms with van der Waals surface area (Å²) in [7, 11) is -2.37. The molecule has 1 heterocycles. The molecule has 0 atom stereocenters. The van der Waals surface area contributed by atoms with E-state index in [0.29, 0.717) is 12.2 Å². The smallest absolute Gasteiger partial charge is 0.330 e. The normalized spacial score (nSPS) is 11.4. The quantitative estimate of drug-likeness (QED) is 0.585. The molecule has 1 aromatic heterocycles. The Labute approximate surface area is 140 Å². The van der Waals surface area contributed by atoms with Crippen molar-refractivity contribution in [2.24, 2.45) is 0 Å². The van der Waals surface area contributed by atoms with Crippen LogP contribution in [0.25, 0.3) is 6.08 Å². The summed E-state index contributed by atoms with van der Waals surface area (Å²) in [6.07, 6.45) is 5.78. The van der Waals surface area contributed by atoms with E-state index in [0.717, 1.165) is 4.31 Å². The predicted molar refractivity (Wildman–Crippen MR) is 89.7 cm³/mol. The van der Waals surface area contributed by atoms with Crippen molar-refractivity contribution in [3.63, 3.8) is 0 Å². The van der Waals surface area contributed by atoms with Gasteiger partial charge in [-0.1, -0.05) is 12.1 Å². The molecule has 2 aromatic rings. The molecule has 0 aliphatic heterocycles. The van der Waals surface area contributed by atoms with E-state index in [9.17, 15) is 13.2 Å². The third-order valence-electron chi connectivity index (χ3n) is 3.07. The minimum atomic E-state index is -3.76. The molecule has 8 heteroatoms. The molecule has 1 aromatic carbocycles. The number of aromatic nitrogens is 2. The second-order valence-corrected chi connectivity index (χ2v) is 6.65. The first-order valence-electron chi connectivity index (χ1n) is 7.16. The molecule has 0 unspecified atom stereocenters. The largest absolute Gasteiger partial charge is 0.463 e. The fraction of sp³-hybridized carbons (Fsp3) is 0.188. The van der Waals surface area contributed by atoms with Crippen LogP contribution in [-0.2, 0) is 19.6 Å². The Kier molecular flexibility index (Phi) is 5.64. The molecule has 0 amide bonds. The zero-order valence-electron chi connectivity index (χ0n) is 13.3. The maximum Gasteiger partial charge on any atom is 0.330 e. The Morgan fingerprint density at radius 1 is 1.21 bits per heavy atom. The molecule has 0 spiro atoms. The summed E-state index contributed by atoms with van der Waals surface area (Å²) in [5.74, 6) is -0.362. The predicted octanol–water partition coefficient (Wildman–Crippen LogP) is 1.88. The van der Waals surface area contributed by atoms with E-state index in [4.69, 9.17) is 4.74 Å². The van der Waals surface area contributed by atoms with Crippen LogP contribution in [0.5, 0.6) is 0 Å². The van der Waals surface area contributed by atoms with Crippen molar-refractivity contribution in [2.75, 3.05) is 18.0 Å². The van der Waals surface area contributed by atoms with Crippen LogP contribution >= 0.6 is 0 Å². The molecule has 0 saturated carbocycles. The van der Waals surface area contributed by atoms with Crippen molar-refractivity contribution in [1.29, 1.82) is 0 Å². The molecule has 7 nitrogen and oxygen atoms in total. The Balaban J connectivity index is 2.19. The average molecular weight is 347 g/mol. The van der Waals surface area contributed by atoms with Crippen LogP contribution in [-0.4, -0.2) is 38.0 Å². The van der Waals surface area contributed by atoms with Gasteiger partial charge in [0.05, 0.1) is 11.5 Å². The van der Waals surface area contributed by atoms with Crippen LogP contribution < -0.4 is 4.31 Å². The minimum Gasteiger partial charge on any atom is -0.463 e. The van der Waals surface area contributed by atoms with Gasteiger partial charge in [0, 0.05) is 25.5 Å². The van der Waals surface area contributed by atoms with Crippen LogP contribution in [0.2, 0.25) is 0 Å². The molecule has 0 aliphatic rings. The maximum atomic E-state index is 12.5. The molecule has 0 fully saturated rings. The van der Waals surface area contributed by atoms with E-state index in [1.54, 1.807) is 31.2 Å². The van der Waals surface area contributed by atoms with Crippen molar-refractivity contribution in [2.45, 2.75) is 11.8 Å². The molecule has 0 saturated heterocycles. The van der Waals surface area contributed by atoms with Crippen LogP contribution in [0.1, 0.15) is 12.5 Å². The number of carbonyl (C=O) groups is 1. The fourth-order valence-corrected chi connectivity index (χ4v) is 2.93. The second-order valence-electron chi connectivity index (χ2n) is 4.68. The lowest BCUT2D eigenvalue weighted by Gasteiger charge is -2.17. The van der Waals surface area contributed by atoms with Gasteiger partial charge in [0.2, 0.25) is 5.95 Å². The highest BCUT2D eigenvalue weighted by molar-refractivity contribution is 7.92. The molecular weight excluding hydrogens is 330 g/mol. The van der Waals surface area contributed by atoms with Gasteiger partial charge in [-0.3, -0.25) is 0 Å². The number of sulfonamides is 1. The Morgan fingerprint density at radius 2 is 1.83 bits per heavy atom. The number of rotatable bonds is 6. The second kappa shape index (κ2) is 7.69. The monoisotopic (exact) mass is 347 g/mol. The van der Waals surface area contributed by atoms with Gasteiger partial charge in [-0.15, -0.1) is 0 Å². The number of ether oxygens (including phenoxy) is 1. The van der Waals surface area contributed by atoms with Crippen molar-refractivity contribution in [1.82, 2.24) is 9.97 Å². The molecular formula is C16H17N3O4S. The zero-order chi connectivity index (χ0) is 17.6. The molecule has 2 rings (SSSR count). The van der Waals surface area contributed by atoms with Crippen LogP contribution in [0, 0.1) is 0 Å². The van der Waals surface area contributed by atoms with Gasteiger partial charge < -0.3 is 4.74 Å². The number of hydrogen-bond acceptors (Lipinski definition) is 6. The fourth-order valence-electron chi connectivity index (χ4n) is 1.82. The van der Waals surface area contributed by atoms with Gasteiger partial charge >= 0.3 is 5.97 Å². The third-order valence-corrected chi connectivity index (χ3v) is 4.82. The highest BCUT2D eigenvalue weighted by Crippen LogP contribution is 2.19. The first-order chi connectivity index (χ1) is 11.4. The molecule has 0 bridgehead atoms. The summed E-state index contributed by atoms with van der Waals surface area (Å²) in [5, 5.41) is 0. The number of hydrogen-bond donors (Lipinski definition) is 0. The first-order valence-corrected chi connectivity index (χ1v) is 8.60. The van der Waals surface area contributed by atoms with Gasteiger partial charge in [0.25, 0.3) is 10.0 Å². The van der Waals surface area contributed by atoms with E-state index < -0.39 is 16.0 Å². The number of carbonyl (C=O) groups excluding carboxylic acids is 1. The van der Waals surface area contributed by atoms with E-state index >= 15 is 0 Å². The van der Waals surface area contributed by atoms with Gasteiger partial charge in [-0.25, -0.2) is 27.5 Å². The van der Waals surface area contributed by atoms with Crippen LogP contribution in [0.4, 0.5) is 5.95 Å². The van der Waals surface area contributed by atoms with Crippen molar-refractivity contribution >= 4 is 28.0 Å². The Bertz CT molecular complexity index is 818. The summed E-state index contributed by atoms with van der Waals surface area (Å²) in [5.41, 5.74) is 0.681. The Hall–Kier alpha value is -2.74. The number of benzene rings is 1. The zero-order valence-corrected chi connectivity index (χ0v) is 14.1. The van der Waals surface area contributed by atoms with Crippen molar-refractivity contribution in [3.8, 4) is 0 Å². The van der Waals surface area contributed by atoms with Gasteiger partial charge in [0.15, 0.2) is 0 Å². The van der Waals surface area contributed by atoms with E-state index in [1.807, 2.05) is 0 Å². The van der Waals surface area contributed by atoms with E-state index in [-0.39, 0.29) is 10.8 Å². The lowest BCUT2D eigenvalue weighted by molar-refractivity contribution is -0.137. The summed E-state index contributed by atoms with van der Waals surface area (Å²) < 4.78 is 30.9. The molecule has 126 valence electrons. The molecule has 0 N–H and O–H groups in total. The van der Waals surface area contributed by atoms with Gasteiger partial charge in [-0.05, 0) is 36.8 Å². The number of anilines is 1. The standard InChI is InChI=1S/C16H17N3O4S/c1-3-23-15(20)10-7-13-5-8-14(9-6-13)24(21,22)19(2)16-17-11-4-12-18-16/h4-12H,3H2,1-2H3/b10-7+. The van der Waals surface area contributed by atoms with Gasteiger partial charge in [0.1, 0.15) is 0 Å². The average Bonchev–Trinajstić information content (AvgIpc) is 2.60. The van der Waals surface area contributed by atoms with Crippen molar-refractivity contribution in [3.05, 3.63) is 54.4 Å². The van der Waals surface area contributed by atoms with Crippen LogP contribution in [0.15, 0.2) is 53.7 Å². The summed E-state index contributed by atoms with van der Waals surface area (Å²) in [6.45, 7) is 2.02. The summed E-state index contributed by atoms with van der Waals surface area (Å²) >= 11 is 0. The Morgan fingerprint density at radius 3 is 2.42 bits per heavy atom. The van der Waals surface area contributed by atoms with Crippen molar-refractivity contribution < 1.29 is 17.9 Å². The maximum absolute atomic E-state index is 12.5. The highest BCUT2D eigenvalue weighted by Gasteiger charge is 2.22. The first kappa shape index (κ1) is 17.6. The minimum absolute atomic E-state index is 0.0868. The lowest BCUT2D eigenvalue weighted by Crippen LogP contribution is -2.28. The van der Waals surface area contributed by atoms with Crippen LogP contribution in [0.3, 0.4) is 0 Å². The SMILES string of the molecule is CCOC(=O)/C=C/c1ccc(S(=O)(=O)N(C)c2ncccn2)cc1. The molecule has 0 radical (unpaired) electrons. The topological polar surface area (TPSA) is 89.5 Å². The van der Waals surface area contributed by atoms with Gasteiger partial charge in [-0.2, -0.15) is 0 Å².